The van der Waals surface area contributed by atoms with Crippen LogP contribution in [0.1, 0.15) is 0 Å². The van der Waals surface area contributed by atoms with Crippen molar-refractivity contribution in [3.63, 3.8) is 0 Å². The summed E-state index contributed by atoms with van der Waals surface area (Å²) in [6, 6.07) is 47.0. The fourth-order valence-electron chi connectivity index (χ4n) is 7.17. The minimum atomic E-state index is 0.200. The zero-order chi connectivity index (χ0) is 31.6. The van der Waals surface area contributed by atoms with E-state index in [4.69, 9.17) is 15.0 Å². The maximum Gasteiger partial charge on any atom is 0.233 e. The van der Waals surface area contributed by atoms with Crippen molar-refractivity contribution >= 4 is 61.2 Å². The molecule has 1 aromatic heterocycles. The minimum Gasteiger partial charge on any atom is -0.208 e. The Morgan fingerprint density at radius 2 is 1.15 bits per heavy atom. The first kappa shape index (κ1) is 27.2. The lowest BCUT2D eigenvalue weighted by Gasteiger charge is -2.24. The summed E-state index contributed by atoms with van der Waals surface area (Å²) in [6.45, 7) is 0. The third kappa shape index (κ3) is 4.32. The number of thioether (sulfide) groups is 1. The number of nitrogens with zero attached hydrogens (tertiary/aromatic N) is 4. The van der Waals surface area contributed by atoms with Crippen molar-refractivity contribution in [2.45, 2.75) is 10.1 Å². The molecule has 0 radical (unpaired) electrons. The van der Waals surface area contributed by atoms with Gasteiger partial charge in [-0.25, -0.2) is 15.0 Å². The van der Waals surface area contributed by atoms with Crippen LogP contribution < -0.4 is 4.58 Å². The van der Waals surface area contributed by atoms with Crippen LogP contribution in [-0.2, 0) is 0 Å². The highest BCUT2D eigenvalue weighted by molar-refractivity contribution is 8.01. The summed E-state index contributed by atoms with van der Waals surface area (Å²) in [5.74, 6) is 1.96. The van der Waals surface area contributed by atoms with Gasteiger partial charge in [0.05, 0.1) is 10.3 Å². The summed E-state index contributed by atoms with van der Waals surface area (Å²) in [5.41, 5.74) is 6.39. The number of allylic oxidation sites excluding steroid dienone is 3. The molecule has 2 heterocycles. The second-order valence-electron chi connectivity index (χ2n) is 12.2. The van der Waals surface area contributed by atoms with Gasteiger partial charge in [-0.2, -0.15) is 4.58 Å². The molecule has 10 rings (SSSR count). The van der Waals surface area contributed by atoms with E-state index in [1.807, 2.05) is 72.4 Å². The topological polar surface area (TPSA) is 41.7 Å². The van der Waals surface area contributed by atoms with Crippen molar-refractivity contribution < 1.29 is 0 Å². The predicted molar refractivity (Wildman–Crippen MR) is 201 cm³/mol. The Hall–Kier alpha value is -5.91. The molecule has 0 spiro atoms. The standard InChI is InChI=1S/C43H27N4S/c1-3-11-29(12-4-1)41-44-42(30-13-5-2-6-14-30)46-43(45-41)32-17-10-18-33(25-32)47-35-19-7-8-20-36(35)48-37-26-31-22-21-27-15-9-16-28-23-24-34(40(37)47)39(31)38(27)28/h1-26,36H/q+1. The first-order valence-corrected chi connectivity index (χ1v) is 17.0. The number of fused-ring (bicyclic) bond motifs is 3. The lowest BCUT2D eigenvalue weighted by Crippen LogP contribution is -2.29. The highest BCUT2D eigenvalue weighted by Crippen LogP contribution is 2.49. The molecule has 2 aliphatic rings. The number of aromatic nitrogens is 3. The molecule has 7 aromatic carbocycles. The Balaban J connectivity index is 1.21. The molecule has 5 heteroatoms. The average Bonchev–Trinajstić information content (AvgIpc) is 3.16. The van der Waals surface area contributed by atoms with E-state index in [0.29, 0.717) is 17.5 Å². The smallest absolute Gasteiger partial charge is 0.208 e. The van der Waals surface area contributed by atoms with E-state index in [2.05, 4.69) is 102 Å². The monoisotopic (exact) mass is 631 g/mol. The van der Waals surface area contributed by atoms with Gasteiger partial charge in [-0.3, -0.25) is 0 Å². The Bertz CT molecular complexity index is 2570. The molecule has 1 aliphatic heterocycles. The molecule has 0 amide bonds. The molecule has 1 aliphatic carbocycles. The first-order valence-electron chi connectivity index (χ1n) is 16.1. The van der Waals surface area contributed by atoms with Gasteiger partial charge in [0.25, 0.3) is 0 Å². The third-order valence-corrected chi connectivity index (χ3v) is 10.6. The molecule has 4 nitrogen and oxygen atoms in total. The van der Waals surface area contributed by atoms with Gasteiger partial charge in [-0.05, 0) is 33.7 Å². The maximum atomic E-state index is 5.04. The molecular formula is C43H27N4S+. The number of hydrogen-bond donors (Lipinski definition) is 0. The van der Waals surface area contributed by atoms with Crippen LogP contribution in [-0.4, -0.2) is 25.9 Å². The van der Waals surface area contributed by atoms with Crippen molar-refractivity contribution in [1.29, 1.82) is 0 Å². The van der Waals surface area contributed by atoms with E-state index in [-0.39, 0.29) is 5.25 Å². The van der Waals surface area contributed by atoms with E-state index in [1.165, 1.54) is 48.6 Å². The Morgan fingerprint density at radius 1 is 0.521 bits per heavy atom. The Kier molecular flexibility index (Phi) is 6.14. The lowest BCUT2D eigenvalue weighted by molar-refractivity contribution is 1.03. The fraction of sp³-hybridized carbons (Fsp3) is 0.0233. The predicted octanol–water partition coefficient (Wildman–Crippen LogP) is 10.6. The van der Waals surface area contributed by atoms with Gasteiger partial charge in [0.15, 0.2) is 17.5 Å². The van der Waals surface area contributed by atoms with Crippen LogP contribution in [0, 0.1) is 0 Å². The van der Waals surface area contributed by atoms with Crippen LogP contribution >= 0.6 is 11.8 Å². The molecule has 0 fully saturated rings. The summed E-state index contributed by atoms with van der Waals surface area (Å²) in [4.78, 5) is 16.3. The summed E-state index contributed by atoms with van der Waals surface area (Å²) >= 11 is 1.93. The fourth-order valence-corrected chi connectivity index (χ4v) is 8.42. The van der Waals surface area contributed by atoms with Gasteiger partial charge < -0.3 is 0 Å². The van der Waals surface area contributed by atoms with Crippen LogP contribution in [0.2, 0.25) is 0 Å². The van der Waals surface area contributed by atoms with Crippen molar-refractivity contribution in [2.24, 2.45) is 0 Å². The highest BCUT2D eigenvalue weighted by atomic mass is 32.2. The van der Waals surface area contributed by atoms with E-state index < -0.39 is 0 Å². The zero-order valence-corrected chi connectivity index (χ0v) is 26.6. The van der Waals surface area contributed by atoms with Crippen LogP contribution in [0.4, 0.5) is 11.4 Å². The largest absolute Gasteiger partial charge is 0.233 e. The van der Waals surface area contributed by atoms with E-state index in [9.17, 15) is 0 Å². The van der Waals surface area contributed by atoms with Gasteiger partial charge in [-0.1, -0.05) is 127 Å². The van der Waals surface area contributed by atoms with Crippen molar-refractivity contribution in [3.8, 4) is 34.2 Å². The van der Waals surface area contributed by atoms with Crippen LogP contribution in [0.3, 0.4) is 0 Å². The Morgan fingerprint density at radius 3 is 1.88 bits per heavy atom. The molecule has 1 unspecified atom stereocenters. The van der Waals surface area contributed by atoms with Crippen molar-refractivity contribution in [1.82, 2.24) is 19.5 Å². The van der Waals surface area contributed by atoms with E-state index in [0.717, 1.165) is 22.4 Å². The first-order chi connectivity index (χ1) is 23.8. The molecule has 8 aromatic rings. The van der Waals surface area contributed by atoms with Gasteiger partial charge >= 0.3 is 0 Å². The molecule has 0 saturated carbocycles. The minimum absolute atomic E-state index is 0.200. The number of rotatable bonds is 4. The van der Waals surface area contributed by atoms with Gasteiger partial charge in [-0.15, -0.1) is 11.8 Å². The van der Waals surface area contributed by atoms with Gasteiger partial charge in [0, 0.05) is 40.3 Å². The maximum absolute atomic E-state index is 5.04. The summed E-state index contributed by atoms with van der Waals surface area (Å²) in [6.07, 6.45) is 8.87. The molecular weight excluding hydrogens is 605 g/mol. The highest BCUT2D eigenvalue weighted by Gasteiger charge is 2.37. The second kappa shape index (κ2) is 10.8. The van der Waals surface area contributed by atoms with Crippen LogP contribution in [0.15, 0.2) is 163 Å². The summed E-state index contributed by atoms with van der Waals surface area (Å²) in [7, 11) is 0. The lowest BCUT2D eigenvalue weighted by atomic mass is 9.93. The van der Waals surface area contributed by atoms with Crippen molar-refractivity contribution in [2.75, 3.05) is 0 Å². The second-order valence-corrected chi connectivity index (χ2v) is 13.4. The van der Waals surface area contributed by atoms with Crippen LogP contribution in [0.25, 0.3) is 66.5 Å². The molecule has 0 N–H and O–H groups in total. The average molecular weight is 632 g/mol. The molecule has 0 bridgehead atoms. The number of hydrogen-bond acceptors (Lipinski definition) is 4. The third-order valence-electron chi connectivity index (χ3n) is 9.34. The normalized spacial score (nSPS) is 15.4. The van der Waals surface area contributed by atoms with Gasteiger partial charge in [0.2, 0.25) is 17.1 Å². The van der Waals surface area contributed by atoms with E-state index in [1.54, 1.807) is 0 Å². The molecule has 1 atom stereocenters. The molecule has 0 saturated heterocycles. The van der Waals surface area contributed by atoms with Crippen LogP contribution in [0.5, 0.6) is 0 Å². The summed E-state index contributed by atoms with van der Waals surface area (Å²) in [5, 5.41) is 7.92. The van der Waals surface area contributed by atoms with Crippen molar-refractivity contribution in [3.05, 3.63) is 158 Å². The zero-order valence-electron chi connectivity index (χ0n) is 25.8. The summed E-state index contributed by atoms with van der Waals surface area (Å²) < 4.78 is 2.46. The SMILES string of the molecule is C1=CC2=[N+](c3cccc(-c4nc(-c5ccccc5)nc(-c5ccccc5)n4)c3)c3c(cc4ccc5cccc6ccc3c4c56)SC2C=C1. The quantitative estimate of drug-likeness (QED) is 0.143. The molecule has 48 heavy (non-hydrogen) atoms. The Labute approximate surface area is 281 Å². The number of benzene rings is 7. The van der Waals surface area contributed by atoms with E-state index >= 15 is 0 Å². The molecule has 224 valence electrons. The van der Waals surface area contributed by atoms with Gasteiger partial charge in [0.1, 0.15) is 5.25 Å².